The van der Waals surface area contributed by atoms with Crippen LogP contribution in [0.5, 0.6) is 0 Å². The Hall–Kier alpha value is -1.44. The SMILES string of the molecule is O=C(CN1C(=O)CCC1=O)NC[C@H]1CCS(=O)(=O)C1. The quantitative estimate of drug-likeness (QED) is 0.647. The maximum atomic E-state index is 11.6. The second-order valence-electron chi connectivity index (χ2n) is 4.95. The number of rotatable bonds is 4. The lowest BCUT2D eigenvalue weighted by molar-refractivity contribution is -0.142. The first-order valence-electron chi connectivity index (χ1n) is 6.18. The van der Waals surface area contributed by atoms with Crippen LogP contribution < -0.4 is 5.32 Å². The van der Waals surface area contributed by atoms with Crippen molar-refractivity contribution in [3.05, 3.63) is 0 Å². The minimum Gasteiger partial charge on any atom is -0.354 e. The van der Waals surface area contributed by atoms with Gasteiger partial charge in [-0.2, -0.15) is 0 Å². The maximum Gasteiger partial charge on any atom is 0.240 e. The highest BCUT2D eigenvalue weighted by atomic mass is 32.2. The van der Waals surface area contributed by atoms with Gasteiger partial charge in [-0.15, -0.1) is 0 Å². The van der Waals surface area contributed by atoms with Crippen LogP contribution in [-0.4, -0.2) is 55.6 Å². The van der Waals surface area contributed by atoms with Crippen LogP contribution in [0.2, 0.25) is 0 Å². The molecule has 3 amide bonds. The Morgan fingerprint density at radius 1 is 1.26 bits per heavy atom. The molecule has 2 saturated heterocycles. The van der Waals surface area contributed by atoms with E-state index in [2.05, 4.69) is 5.32 Å². The summed E-state index contributed by atoms with van der Waals surface area (Å²) in [6.45, 7) is 0.00538. The number of carbonyl (C=O) groups excluding carboxylic acids is 3. The van der Waals surface area contributed by atoms with Gasteiger partial charge in [0.15, 0.2) is 9.84 Å². The largest absolute Gasteiger partial charge is 0.354 e. The molecule has 2 aliphatic heterocycles. The molecule has 0 aliphatic carbocycles. The third-order valence-corrected chi connectivity index (χ3v) is 5.21. The Kier molecular flexibility index (Phi) is 3.88. The van der Waals surface area contributed by atoms with Crippen molar-refractivity contribution in [2.45, 2.75) is 19.3 Å². The van der Waals surface area contributed by atoms with E-state index in [1.807, 2.05) is 0 Å². The lowest BCUT2D eigenvalue weighted by Gasteiger charge is -2.14. The summed E-state index contributed by atoms with van der Waals surface area (Å²) in [6, 6.07) is 0. The van der Waals surface area contributed by atoms with Gasteiger partial charge in [0, 0.05) is 19.4 Å². The number of likely N-dealkylation sites (tertiary alicyclic amines) is 1. The lowest BCUT2D eigenvalue weighted by atomic mass is 10.1. The molecule has 2 rings (SSSR count). The molecule has 7 nitrogen and oxygen atoms in total. The van der Waals surface area contributed by atoms with E-state index in [0.717, 1.165) is 4.90 Å². The fourth-order valence-electron chi connectivity index (χ4n) is 2.29. The van der Waals surface area contributed by atoms with Crippen LogP contribution in [-0.2, 0) is 24.2 Å². The van der Waals surface area contributed by atoms with E-state index < -0.39 is 15.7 Å². The molecule has 1 N–H and O–H groups in total. The Morgan fingerprint density at radius 3 is 2.42 bits per heavy atom. The highest BCUT2D eigenvalue weighted by Gasteiger charge is 2.31. The van der Waals surface area contributed by atoms with Gasteiger partial charge >= 0.3 is 0 Å². The molecule has 2 fully saturated rings. The molecule has 0 saturated carbocycles. The monoisotopic (exact) mass is 288 g/mol. The van der Waals surface area contributed by atoms with Gasteiger partial charge in [-0.1, -0.05) is 0 Å². The summed E-state index contributed by atoms with van der Waals surface area (Å²) in [7, 11) is -2.95. The van der Waals surface area contributed by atoms with Crippen molar-refractivity contribution in [3.8, 4) is 0 Å². The van der Waals surface area contributed by atoms with Crippen molar-refractivity contribution < 1.29 is 22.8 Å². The third kappa shape index (κ3) is 3.52. The summed E-state index contributed by atoms with van der Waals surface area (Å²) in [4.78, 5) is 35.2. The van der Waals surface area contributed by atoms with Crippen LogP contribution in [0.4, 0.5) is 0 Å². The molecular weight excluding hydrogens is 272 g/mol. The highest BCUT2D eigenvalue weighted by molar-refractivity contribution is 7.91. The molecule has 8 heteroatoms. The van der Waals surface area contributed by atoms with Crippen LogP contribution in [0.3, 0.4) is 0 Å². The summed E-state index contributed by atoms with van der Waals surface area (Å²) < 4.78 is 22.5. The lowest BCUT2D eigenvalue weighted by Crippen LogP contribution is -2.41. The van der Waals surface area contributed by atoms with Gasteiger partial charge in [-0.3, -0.25) is 19.3 Å². The average molecular weight is 288 g/mol. The Labute approximate surface area is 111 Å². The zero-order valence-electron chi connectivity index (χ0n) is 10.4. The number of hydrogen-bond donors (Lipinski definition) is 1. The van der Waals surface area contributed by atoms with Gasteiger partial charge < -0.3 is 5.32 Å². The Bertz CT molecular complexity index is 497. The molecule has 0 aromatic rings. The molecule has 0 aromatic heterocycles. The predicted molar refractivity (Wildman–Crippen MR) is 65.7 cm³/mol. The van der Waals surface area contributed by atoms with Crippen LogP contribution in [0.1, 0.15) is 19.3 Å². The van der Waals surface area contributed by atoms with Crippen LogP contribution in [0.25, 0.3) is 0 Å². The first-order valence-corrected chi connectivity index (χ1v) is 8.00. The van der Waals surface area contributed by atoms with Crippen molar-refractivity contribution in [2.75, 3.05) is 24.6 Å². The minimum atomic E-state index is -2.95. The zero-order chi connectivity index (χ0) is 14.0. The number of hydrogen-bond acceptors (Lipinski definition) is 5. The molecule has 0 radical (unpaired) electrons. The van der Waals surface area contributed by atoms with Gasteiger partial charge in [-0.25, -0.2) is 8.42 Å². The van der Waals surface area contributed by atoms with Gasteiger partial charge in [0.1, 0.15) is 6.54 Å². The van der Waals surface area contributed by atoms with E-state index in [4.69, 9.17) is 0 Å². The van der Waals surface area contributed by atoms with Gasteiger partial charge in [0.05, 0.1) is 11.5 Å². The number of carbonyl (C=O) groups is 3. The number of nitrogens with zero attached hydrogens (tertiary/aromatic N) is 1. The molecule has 0 aromatic carbocycles. The molecular formula is C11H16N2O5S. The third-order valence-electron chi connectivity index (χ3n) is 3.37. The smallest absolute Gasteiger partial charge is 0.240 e. The number of imide groups is 1. The molecule has 1 atom stereocenters. The van der Waals surface area contributed by atoms with E-state index in [9.17, 15) is 22.8 Å². The van der Waals surface area contributed by atoms with E-state index in [1.165, 1.54) is 0 Å². The second kappa shape index (κ2) is 5.28. The van der Waals surface area contributed by atoms with Crippen molar-refractivity contribution in [1.29, 1.82) is 0 Å². The summed E-state index contributed by atoms with van der Waals surface area (Å²) in [6.07, 6.45) is 0.865. The average Bonchev–Trinajstić information content (AvgIpc) is 2.83. The topological polar surface area (TPSA) is 101 Å². The highest BCUT2D eigenvalue weighted by Crippen LogP contribution is 2.17. The Morgan fingerprint density at radius 2 is 1.89 bits per heavy atom. The van der Waals surface area contributed by atoms with E-state index >= 15 is 0 Å². The predicted octanol–water partition coefficient (Wildman–Crippen LogP) is -1.31. The van der Waals surface area contributed by atoms with Crippen molar-refractivity contribution in [1.82, 2.24) is 10.2 Å². The first-order chi connectivity index (χ1) is 8.87. The second-order valence-corrected chi connectivity index (χ2v) is 7.18. The molecule has 0 bridgehead atoms. The molecule has 0 spiro atoms. The van der Waals surface area contributed by atoms with E-state index in [0.29, 0.717) is 6.42 Å². The van der Waals surface area contributed by atoms with E-state index in [1.54, 1.807) is 0 Å². The fraction of sp³-hybridized carbons (Fsp3) is 0.727. The van der Waals surface area contributed by atoms with Crippen molar-refractivity contribution in [3.63, 3.8) is 0 Å². The molecule has 0 unspecified atom stereocenters. The van der Waals surface area contributed by atoms with Crippen LogP contribution in [0, 0.1) is 5.92 Å². The summed E-state index contributed by atoms with van der Waals surface area (Å²) in [5.41, 5.74) is 0. The van der Waals surface area contributed by atoms with E-state index in [-0.39, 0.29) is 55.2 Å². The first kappa shape index (κ1) is 14.0. The van der Waals surface area contributed by atoms with Crippen molar-refractivity contribution in [2.24, 2.45) is 5.92 Å². The Balaban J connectivity index is 1.76. The van der Waals surface area contributed by atoms with Gasteiger partial charge in [0.2, 0.25) is 17.7 Å². The summed E-state index contributed by atoms with van der Waals surface area (Å²) in [5.74, 6) is -0.898. The summed E-state index contributed by atoms with van der Waals surface area (Å²) >= 11 is 0. The number of nitrogens with one attached hydrogen (secondary N) is 1. The number of sulfone groups is 1. The van der Waals surface area contributed by atoms with Crippen LogP contribution in [0.15, 0.2) is 0 Å². The van der Waals surface area contributed by atoms with Gasteiger partial charge in [0.25, 0.3) is 0 Å². The zero-order valence-corrected chi connectivity index (χ0v) is 11.2. The van der Waals surface area contributed by atoms with Crippen LogP contribution >= 0.6 is 0 Å². The molecule has 19 heavy (non-hydrogen) atoms. The standard InChI is InChI=1S/C11H16N2O5S/c14-9(6-13-10(15)1-2-11(13)16)12-5-8-3-4-19(17,18)7-8/h8H,1-7H2,(H,12,14)/t8-/m1/s1. The van der Waals surface area contributed by atoms with Crippen molar-refractivity contribution >= 4 is 27.6 Å². The van der Waals surface area contributed by atoms with Gasteiger partial charge in [-0.05, 0) is 12.3 Å². The summed E-state index contributed by atoms with van der Waals surface area (Å²) in [5, 5.41) is 2.58. The number of amides is 3. The minimum absolute atomic E-state index is 0.0704. The maximum absolute atomic E-state index is 11.6. The molecule has 2 aliphatic rings. The molecule has 2 heterocycles. The fourth-order valence-corrected chi connectivity index (χ4v) is 4.15. The normalized spacial score (nSPS) is 25.9. The molecule has 106 valence electrons.